The summed E-state index contributed by atoms with van der Waals surface area (Å²) in [5.74, 6) is -2.52. The van der Waals surface area contributed by atoms with Crippen molar-refractivity contribution in [3.05, 3.63) is 53.9 Å². The third-order valence-corrected chi connectivity index (χ3v) is 2.40. The molecule has 0 aliphatic heterocycles. The third-order valence-electron chi connectivity index (χ3n) is 2.40. The van der Waals surface area contributed by atoms with Gasteiger partial charge >= 0.3 is 5.97 Å². The Morgan fingerprint density at radius 2 is 1.83 bits per heavy atom. The number of hydrogen-bond acceptors (Lipinski definition) is 2. The van der Waals surface area contributed by atoms with E-state index in [4.69, 9.17) is 5.11 Å². The number of pyridine rings is 1. The van der Waals surface area contributed by atoms with Gasteiger partial charge in [-0.2, -0.15) is 4.39 Å². The second-order valence-electron chi connectivity index (χ2n) is 3.69. The molecule has 0 atom stereocenters. The molecule has 0 amide bonds. The normalized spacial score (nSPS) is 10.3. The monoisotopic (exact) mass is 249 g/mol. The lowest BCUT2D eigenvalue weighted by Gasteiger charge is -2.05. The van der Waals surface area contributed by atoms with Crippen molar-refractivity contribution in [3.63, 3.8) is 0 Å². The topological polar surface area (TPSA) is 50.2 Å². The standard InChI is InChI=1S/C13H9F2NO2/c14-11-4-2-1-3-9(11)10-6-5-8(7-12(17)18)16-13(10)15/h1-6H,7H2,(H,17,18). The Balaban J connectivity index is 2.42. The molecule has 0 saturated heterocycles. The van der Waals surface area contributed by atoms with E-state index in [0.29, 0.717) is 0 Å². The number of hydrogen-bond donors (Lipinski definition) is 1. The van der Waals surface area contributed by atoms with Crippen LogP contribution in [0.25, 0.3) is 11.1 Å². The second-order valence-corrected chi connectivity index (χ2v) is 3.69. The summed E-state index contributed by atoms with van der Waals surface area (Å²) in [6.07, 6.45) is -0.367. The molecule has 0 radical (unpaired) electrons. The molecule has 1 aromatic carbocycles. The highest BCUT2D eigenvalue weighted by atomic mass is 19.1. The molecule has 0 aliphatic carbocycles. The molecule has 0 bridgehead atoms. The quantitative estimate of drug-likeness (QED) is 0.851. The van der Waals surface area contributed by atoms with E-state index in [1.54, 1.807) is 6.07 Å². The summed E-state index contributed by atoms with van der Waals surface area (Å²) in [5, 5.41) is 8.57. The molecule has 1 N–H and O–H groups in total. The summed E-state index contributed by atoms with van der Waals surface area (Å²) in [5.41, 5.74) is 0.215. The lowest BCUT2D eigenvalue weighted by Crippen LogP contribution is -2.04. The maximum absolute atomic E-state index is 13.7. The molecule has 0 aliphatic rings. The van der Waals surface area contributed by atoms with Crippen LogP contribution >= 0.6 is 0 Å². The molecule has 18 heavy (non-hydrogen) atoms. The van der Waals surface area contributed by atoms with Crippen molar-refractivity contribution < 1.29 is 18.7 Å². The first-order valence-corrected chi connectivity index (χ1v) is 5.20. The van der Waals surface area contributed by atoms with Crippen LogP contribution in [0.1, 0.15) is 5.69 Å². The largest absolute Gasteiger partial charge is 0.481 e. The van der Waals surface area contributed by atoms with Crippen molar-refractivity contribution in [3.8, 4) is 11.1 Å². The van der Waals surface area contributed by atoms with E-state index >= 15 is 0 Å². The number of carboxylic acid groups (broad SMARTS) is 1. The van der Waals surface area contributed by atoms with E-state index in [9.17, 15) is 13.6 Å². The average molecular weight is 249 g/mol. The van der Waals surface area contributed by atoms with Crippen LogP contribution in [0.3, 0.4) is 0 Å². The molecule has 92 valence electrons. The molecule has 3 nitrogen and oxygen atoms in total. The fraction of sp³-hybridized carbons (Fsp3) is 0.0769. The summed E-state index contributed by atoms with van der Waals surface area (Å²) in [4.78, 5) is 14.0. The minimum absolute atomic E-state index is 0.0160. The highest BCUT2D eigenvalue weighted by Gasteiger charge is 2.12. The fourth-order valence-corrected chi connectivity index (χ4v) is 1.61. The molecule has 2 aromatic rings. The number of aromatic nitrogens is 1. The van der Waals surface area contributed by atoms with Gasteiger partial charge in [-0.25, -0.2) is 9.37 Å². The number of rotatable bonds is 3. The van der Waals surface area contributed by atoms with Gasteiger partial charge in [0.15, 0.2) is 0 Å². The van der Waals surface area contributed by atoms with Crippen LogP contribution in [0, 0.1) is 11.8 Å². The Bertz CT molecular complexity index is 599. The highest BCUT2D eigenvalue weighted by molar-refractivity contribution is 5.70. The summed E-state index contributed by atoms with van der Waals surface area (Å²) in [6, 6.07) is 8.45. The van der Waals surface area contributed by atoms with E-state index < -0.39 is 17.7 Å². The summed E-state index contributed by atoms with van der Waals surface area (Å²) in [7, 11) is 0. The van der Waals surface area contributed by atoms with Gasteiger partial charge < -0.3 is 5.11 Å². The molecule has 2 rings (SSSR count). The van der Waals surface area contributed by atoms with Gasteiger partial charge in [0.1, 0.15) is 5.82 Å². The minimum Gasteiger partial charge on any atom is -0.481 e. The lowest BCUT2D eigenvalue weighted by atomic mass is 10.1. The Morgan fingerprint density at radius 3 is 2.44 bits per heavy atom. The Kier molecular flexibility index (Phi) is 3.32. The molecular formula is C13H9F2NO2. The van der Waals surface area contributed by atoms with Gasteiger partial charge in [-0.3, -0.25) is 4.79 Å². The summed E-state index contributed by atoms with van der Waals surface area (Å²) < 4.78 is 27.2. The van der Waals surface area contributed by atoms with Crippen molar-refractivity contribution in [2.24, 2.45) is 0 Å². The maximum atomic E-state index is 13.7. The zero-order valence-corrected chi connectivity index (χ0v) is 9.23. The van der Waals surface area contributed by atoms with E-state index in [-0.39, 0.29) is 23.2 Å². The minimum atomic E-state index is -1.10. The lowest BCUT2D eigenvalue weighted by molar-refractivity contribution is -0.136. The number of aliphatic carboxylic acids is 1. The Morgan fingerprint density at radius 1 is 1.11 bits per heavy atom. The number of carboxylic acids is 1. The first-order valence-electron chi connectivity index (χ1n) is 5.20. The van der Waals surface area contributed by atoms with Crippen LogP contribution in [0.2, 0.25) is 0 Å². The van der Waals surface area contributed by atoms with Crippen LogP contribution in [0.15, 0.2) is 36.4 Å². The van der Waals surface area contributed by atoms with Crippen LogP contribution < -0.4 is 0 Å². The van der Waals surface area contributed by atoms with Crippen molar-refractivity contribution >= 4 is 5.97 Å². The summed E-state index contributed by atoms with van der Waals surface area (Å²) in [6.45, 7) is 0. The van der Waals surface area contributed by atoms with E-state index in [0.717, 1.165) is 0 Å². The number of halogens is 2. The first-order chi connectivity index (χ1) is 8.58. The number of nitrogens with zero attached hydrogens (tertiary/aromatic N) is 1. The van der Waals surface area contributed by atoms with Gasteiger partial charge in [0.05, 0.1) is 12.1 Å². The molecule has 0 spiro atoms. The number of carbonyl (C=O) groups is 1. The molecule has 0 unspecified atom stereocenters. The van der Waals surface area contributed by atoms with Gasteiger partial charge in [0.25, 0.3) is 0 Å². The molecular weight excluding hydrogens is 240 g/mol. The van der Waals surface area contributed by atoms with Crippen LogP contribution in [0.4, 0.5) is 8.78 Å². The second kappa shape index (κ2) is 4.91. The SMILES string of the molecule is O=C(O)Cc1ccc(-c2ccccc2F)c(F)n1. The zero-order valence-electron chi connectivity index (χ0n) is 9.23. The smallest absolute Gasteiger partial charge is 0.309 e. The van der Waals surface area contributed by atoms with E-state index in [1.165, 1.54) is 30.3 Å². The van der Waals surface area contributed by atoms with Crippen molar-refractivity contribution in [2.45, 2.75) is 6.42 Å². The Hall–Kier alpha value is -2.30. The Labute approximate surface area is 102 Å². The predicted molar refractivity (Wildman–Crippen MR) is 60.9 cm³/mol. The van der Waals surface area contributed by atoms with Gasteiger partial charge in [-0.05, 0) is 18.2 Å². The molecule has 1 aromatic heterocycles. The summed E-state index contributed by atoms with van der Waals surface area (Å²) >= 11 is 0. The van der Waals surface area contributed by atoms with E-state index in [1.807, 2.05) is 0 Å². The van der Waals surface area contributed by atoms with E-state index in [2.05, 4.69) is 4.98 Å². The van der Waals surface area contributed by atoms with Crippen molar-refractivity contribution in [1.82, 2.24) is 4.98 Å². The average Bonchev–Trinajstić information content (AvgIpc) is 2.30. The van der Waals surface area contributed by atoms with Crippen molar-refractivity contribution in [2.75, 3.05) is 0 Å². The zero-order chi connectivity index (χ0) is 13.1. The first kappa shape index (κ1) is 12.2. The third kappa shape index (κ3) is 2.51. The maximum Gasteiger partial charge on any atom is 0.309 e. The van der Waals surface area contributed by atoms with Crippen molar-refractivity contribution in [1.29, 1.82) is 0 Å². The molecule has 0 saturated carbocycles. The highest BCUT2D eigenvalue weighted by Crippen LogP contribution is 2.24. The van der Waals surface area contributed by atoms with Gasteiger partial charge in [-0.1, -0.05) is 18.2 Å². The molecule has 0 fully saturated rings. The van der Waals surface area contributed by atoms with Gasteiger partial charge in [0.2, 0.25) is 5.95 Å². The van der Waals surface area contributed by atoms with Gasteiger partial charge in [0, 0.05) is 11.1 Å². The predicted octanol–water partition coefficient (Wildman–Crippen LogP) is 2.65. The fourth-order valence-electron chi connectivity index (χ4n) is 1.61. The number of benzene rings is 1. The van der Waals surface area contributed by atoms with Crippen LogP contribution in [-0.4, -0.2) is 16.1 Å². The van der Waals surface area contributed by atoms with Crippen LogP contribution in [-0.2, 0) is 11.2 Å². The van der Waals surface area contributed by atoms with Crippen LogP contribution in [0.5, 0.6) is 0 Å². The van der Waals surface area contributed by atoms with Gasteiger partial charge in [-0.15, -0.1) is 0 Å². The molecule has 1 heterocycles. The molecule has 5 heteroatoms.